The third-order valence-corrected chi connectivity index (χ3v) is 9.41. The highest BCUT2D eigenvalue weighted by molar-refractivity contribution is 5.86. The van der Waals surface area contributed by atoms with E-state index in [1.165, 1.54) is 0 Å². The monoisotopic (exact) mass is 585 g/mol. The number of benzene rings is 1. The number of carbonyl (C=O) groups is 2. The fourth-order valence-electron chi connectivity index (χ4n) is 7.11. The molecule has 1 aromatic rings. The number of methoxy groups -OCH3 is 1. The minimum atomic E-state index is -2.00. The molecule has 1 fully saturated rings. The van der Waals surface area contributed by atoms with Crippen molar-refractivity contribution in [3.8, 4) is 11.5 Å². The van der Waals surface area contributed by atoms with Crippen LogP contribution in [0.15, 0.2) is 24.0 Å². The molecule has 9 nitrogen and oxygen atoms in total. The molecule has 0 amide bonds. The predicted octanol–water partition coefficient (Wildman–Crippen LogP) is 5.03. The van der Waals surface area contributed by atoms with Gasteiger partial charge in [-0.2, -0.15) is 0 Å². The van der Waals surface area contributed by atoms with Crippen LogP contribution < -0.4 is 9.47 Å². The first-order valence-corrected chi connectivity index (χ1v) is 15.7. The van der Waals surface area contributed by atoms with Crippen LogP contribution in [0.5, 0.6) is 11.5 Å². The van der Waals surface area contributed by atoms with Gasteiger partial charge in [-0.25, -0.2) is 4.79 Å². The van der Waals surface area contributed by atoms with Crippen molar-refractivity contribution in [3.63, 3.8) is 0 Å². The van der Waals surface area contributed by atoms with Crippen molar-refractivity contribution >= 4 is 11.9 Å². The first-order valence-electron chi connectivity index (χ1n) is 15.7. The Labute approximate surface area is 249 Å². The number of ether oxygens (including phenoxy) is 5. The minimum Gasteiger partial charge on any atom is -0.497 e. The Kier molecular flexibility index (Phi) is 9.38. The summed E-state index contributed by atoms with van der Waals surface area (Å²) in [5.41, 5.74) is -0.214. The summed E-state index contributed by atoms with van der Waals surface area (Å²) in [6.07, 6.45) is 8.22. The minimum absolute atomic E-state index is 0.102. The van der Waals surface area contributed by atoms with Gasteiger partial charge in [0.1, 0.15) is 5.76 Å². The molecule has 1 aliphatic carbocycles. The number of aliphatic hydroxyl groups is 1. The molecule has 1 spiro atoms. The highest BCUT2D eigenvalue weighted by atomic mass is 16.7. The molecule has 1 unspecified atom stereocenters. The fourth-order valence-corrected chi connectivity index (χ4v) is 7.11. The molecule has 1 N–H and O–H groups in total. The fraction of sp³-hybridized carbons (Fsp3) is 0.697. The first-order chi connectivity index (χ1) is 20.2. The molecule has 9 heteroatoms. The average molecular weight is 586 g/mol. The SMILES string of the molecule is CCCCCCOC(=O)C[C@](O)(CCC(C)C)C(=O)OC1C(OC)=C[C@@]23CCCN2CCc2cc4c(cc2[C@H]13)OCO4. The normalized spacial score (nSPS) is 25.6. The van der Waals surface area contributed by atoms with Crippen LogP contribution in [0.25, 0.3) is 0 Å². The lowest BCUT2D eigenvalue weighted by Crippen LogP contribution is -2.49. The Morgan fingerprint density at radius 2 is 1.95 bits per heavy atom. The summed E-state index contributed by atoms with van der Waals surface area (Å²) in [4.78, 5) is 29.3. The molecule has 1 aromatic carbocycles. The zero-order chi connectivity index (χ0) is 29.9. The van der Waals surface area contributed by atoms with Crippen molar-refractivity contribution in [1.82, 2.24) is 4.90 Å². The lowest BCUT2D eigenvalue weighted by Gasteiger charge is -2.39. The van der Waals surface area contributed by atoms with E-state index in [1.807, 2.05) is 26.0 Å². The van der Waals surface area contributed by atoms with Gasteiger partial charge in [0.25, 0.3) is 0 Å². The summed E-state index contributed by atoms with van der Waals surface area (Å²) in [5.74, 6) is 0.542. The molecule has 0 saturated carbocycles. The zero-order valence-electron chi connectivity index (χ0n) is 25.6. The lowest BCUT2D eigenvalue weighted by atomic mass is 9.77. The lowest BCUT2D eigenvalue weighted by molar-refractivity contribution is -0.179. The second-order valence-electron chi connectivity index (χ2n) is 12.7. The molecule has 0 bridgehead atoms. The van der Waals surface area contributed by atoms with Crippen LogP contribution in [0.2, 0.25) is 0 Å². The van der Waals surface area contributed by atoms with Crippen molar-refractivity contribution in [3.05, 3.63) is 35.1 Å². The number of fused-ring (bicyclic) bond motifs is 3. The van der Waals surface area contributed by atoms with Crippen molar-refractivity contribution in [2.75, 3.05) is 33.6 Å². The van der Waals surface area contributed by atoms with Gasteiger partial charge < -0.3 is 28.8 Å². The smallest absolute Gasteiger partial charge is 0.339 e. The molecular weight excluding hydrogens is 538 g/mol. The molecular formula is C33H47NO8. The van der Waals surface area contributed by atoms with Crippen LogP contribution in [0.1, 0.15) is 95.6 Å². The highest BCUT2D eigenvalue weighted by Crippen LogP contribution is 2.55. The Hall–Kier alpha value is -2.78. The topological polar surface area (TPSA) is 104 Å². The molecule has 42 heavy (non-hydrogen) atoms. The van der Waals surface area contributed by atoms with Crippen LogP contribution in [0, 0.1) is 5.92 Å². The Morgan fingerprint density at radius 1 is 1.17 bits per heavy atom. The summed E-state index contributed by atoms with van der Waals surface area (Å²) in [7, 11) is 1.59. The van der Waals surface area contributed by atoms with Crippen molar-refractivity contribution in [2.45, 2.75) is 108 Å². The Balaban J connectivity index is 1.42. The van der Waals surface area contributed by atoms with Gasteiger partial charge in [0.2, 0.25) is 6.79 Å². The number of unbranched alkanes of at least 4 members (excludes halogenated alkanes) is 3. The third kappa shape index (κ3) is 6.00. The van der Waals surface area contributed by atoms with Crippen molar-refractivity contribution < 1.29 is 38.4 Å². The molecule has 0 aromatic heterocycles. The van der Waals surface area contributed by atoms with E-state index in [0.717, 1.165) is 74.9 Å². The standard InChI is InChI=1S/C33H47NO8/c1-5-6-7-8-16-39-28(35)20-33(37,13-10-22(2)3)31(36)42-30-27(38-4)19-32-12-9-14-34(32)15-11-23-17-25-26(41-21-40-25)18-24(23)29(30)32/h17-19,22,29-30,37H,5-16,20-21H2,1-4H3/t29-,30?,32-,33-/m1/s1. The van der Waals surface area contributed by atoms with Gasteiger partial charge in [-0.1, -0.05) is 40.0 Å². The van der Waals surface area contributed by atoms with Crippen LogP contribution in [0.3, 0.4) is 0 Å². The van der Waals surface area contributed by atoms with Crippen molar-refractivity contribution in [1.29, 1.82) is 0 Å². The van der Waals surface area contributed by atoms with Gasteiger partial charge in [0, 0.05) is 6.54 Å². The van der Waals surface area contributed by atoms with E-state index in [-0.39, 0.29) is 37.2 Å². The van der Waals surface area contributed by atoms with Gasteiger partial charge in [-0.15, -0.1) is 0 Å². The van der Waals surface area contributed by atoms with Gasteiger partial charge in [0.15, 0.2) is 23.2 Å². The molecule has 4 aliphatic rings. The van der Waals surface area contributed by atoms with Crippen LogP contribution >= 0.6 is 0 Å². The average Bonchev–Trinajstić information content (AvgIpc) is 3.65. The van der Waals surface area contributed by atoms with E-state index in [1.54, 1.807) is 7.11 Å². The van der Waals surface area contributed by atoms with E-state index >= 15 is 0 Å². The Morgan fingerprint density at radius 3 is 2.69 bits per heavy atom. The zero-order valence-corrected chi connectivity index (χ0v) is 25.6. The van der Waals surface area contributed by atoms with Crippen molar-refractivity contribution in [2.24, 2.45) is 5.92 Å². The third-order valence-electron chi connectivity index (χ3n) is 9.41. The maximum absolute atomic E-state index is 14.0. The van der Waals surface area contributed by atoms with Crippen LogP contribution in [-0.2, 0) is 30.2 Å². The number of esters is 2. The maximum Gasteiger partial charge on any atom is 0.339 e. The number of nitrogens with zero attached hydrogens (tertiary/aromatic N) is 1. The molecule has 1 saturated heterocycles. The molecule has 3 heterocycles. The van der Waals surface area contributed by atoms with E-state index in [4.69, 9.17) is 23.7 Å². The number of carbonyl (C=O) groups excluding carboxylic acids is 2. The quantitative estimate of drug-likeness (QED) is 0.252. The number of rotatable bonds is 13. The van der Waals surface area contributed by atoms with Gasteiger partial charge in [-0.05, 0) is 80.3 Å². The Bertz CT molecular complexity index is 1180. The molecule has 232 valence electrons. The molecule has 3 aliphatic heterocycles. The summed E-state index contributed by atoms with van der Waals surface area (Å²) in [6.45, 7) is 8.42. The summed E-state index contributed by atoms with van der Waals surface area (Å²) in [6, 6.07) is 4.08. The van der Waals surface area contributed by atoms with E-state index in [0.29, 0.717) is 17.9 Å². The predicted molar refractivity (Wildman–Crippen MR) is 156 cm³/mol. The first kappa shape index (κ1) is 30.7. The molecule has 4 atom stereocenters. The summed E-state index contributed by atoms with van der Waals surface area (Å²) in [5, 5.41) is 11.7. The van der Waals surface area contributed by atoms with Gasteiger partial charge >= 0.3 is 11.9 Å². The van der Waals surface area contributed by atoms with Crippen LogP contribution in [-0.4, -0.2) is 72.8 Å². The summed E-state index contributed by atoms with van der Waals surface area (Å²) >= 11 is 0. The number of hydrogen-bond donors (Lipinski definition) is 1. The van der Waals surface area contributed by atoms with Crippen LogP contribution in [0.4, 0.5) is 0 Å². The highest BCUT2D eigenvalue weighted by Gasteiger charge is 2.59. The summed E-state index contributed by atoms with van der Waals surface area (Å²) < 4.78 is 29.0. The second kappa shape index (κ2) is 12.8. The number of hydrogen-bond acceptors (Lipinski definition) is 9. The van der Waals surface area contributed by atoms with E-state index < -0.39 is 30.1 Å². The van der Waals surface area contributed by atoms with E-state index in [9.17, 15) is 14.7 Å². The maximum atomic E-state index is 14.0. The second-order valence-corrected chi connectivity index (χ2v) is 12.7. The van der Waals surface area contributed by atoms with Gasteiger partial charge in [0.05, 0.1) is 31.6 Å². The largest absolute Gasteiger partial charge is 0.497 e. The molecule has 0 radical (unpaired) electrons. The van der Waals surface area contributed by atoms with E-state index in [2.05, 4.69) is 17.9 Å². The molecule has 5 rings (SSSR count). The van der Waals surface area contributed by atoms with Gasteiger partial charge in [-0.3, -0.25) is 9.69 Å².